The number of rotatable bonds is 9. The number of hydrogen-bond donors (Lipinski definition) is 2. The molecule has 0 bridgehead atoms. The Kier molecular flexibility index (Phi) is 8.49. The Hall–Kier alpha value is -2.44. The third-order valence-electron chi connectivity index (χ3n) is 5.53. The minimum atomic E-state index is -3.75. The Morgan fingerprint density at radius 3 is 2.61 bits per heavy atom. The van der Waals surface area contributed by atoms with Gasteiger partial charge in [0.2, 0.25) is 21.8 Å². The molecule has 2 heterocycles. The van der Waals surface area contributed by atoms with Gasteiger partial charge in [-0.2, -0.15) is 0 Å². The maximum atomic E-state index is 12.5. The first-order valence-electron chi connectivity index (χ1n) is 10.9. The Morgan fingerprint density at radius 2 is 1.94 bits per heavy atom. The van der Waals surface area contributed by atoms with Crippen LogP contribution in [0.4, 0.5) is 0 Å². The molecule has 1 aliphatic heterocycles. The Morgan fingerprint density at radius 1 is 1.21 bits per heavy atom. The van der Waals surface area contributed by atoms with Crippen LogP contribution in [0.1, 0.15) is 57.0 Å². The molecule has 0 spiro atoms. The molecule has 2 amide bonds. The molecular weight excluding hydrogens is 464 g/mol. The minimum Gasteiger partial charge on any atom is -0.349 e. The fourth-order valence-electron chi connectivity index (χ4n) is 3.68. The highest BCUT2D eigenvalue weighted by Gasteiger charge is 2.21. The lowest BCUT2D eigenvalue weighted by atomic mass is 10.1. The Balaban J connectivity index is 1.57. The van der Waals surface area contributed by atoms with Gasteiger partial charge in [-0.05, 0) is 44.4 Å². The van der Waals surface area contributed by atoms with Crippen molar-refractivity contribution in [2.24, 2.45) is 5.14 Å². The van der Waals surface area contributed by atoms with Crippen molar-refractivity contribution >= 4 is 33.6 Å². The molecule has 0 unspecified atom stereocenters. The monoisotopic (exact) mass is 494 g/mol. The van der Waals surface area contributed by atoms with Crippen LogP contribution in [0.3, 0.4) is 0 Å². The van der Waals surface area contributed by atoms with E-state index < -0.39 is 10.0 Å². The van der Waals surface area contributed by atoms with Gasteiger partial charge in [0, 0.05) is 19.5 Å². The van der Waals surface area contributed by atoms with E-state index in [1.54, 1.807) is 12.1 Å². The Labute approximate surface area is 198 Å². The fourth-order valence-corrected chi connectivity index (χ4v) is 5.03. The highest BCUT2D eigenvalue weighted by Crippen LogP contribution is 2.21. The van der Waals surface area contributed by atoms with Crippen LogP contribution < -0.4 is 10.5 Å². The topological polar surface area (TPSA) is 140 Å². The van der Waals surface area contributed by atoms with Crippen LogP contribution in [-0.2, 0) is 32.7 Å². The molecule has 1 aromatic carbocycles. The van der Waals surface area contributed by atoms with Crippen LogP contribution in [0.5, 0.6) is 0 Å². The van der Waals surface area contributed by atoms with E-state index in [4.69, 9.17) is 5.14 Å². The van der Waals surface area contributed by atoms with Gasteiger partial charge in [-0.1, -0.05) is 30.3 Å². The molecule has 2 aromatic rings. The van der Waals surface area contributed by atoms with Gasteiger partial charge in [0.05, 0.1) is 23.2 Å². The summed E-state index contributed by atoms with van der Waals surface area (Å²) in [5, 5.41) is 17.1. The van der Waals surface area contributed by atoms with Crippen molar-refractivity contribution in [3.8, 4) is 0 Å². The number of benzene rings is 1. The fraction of sp³-hybridized carbons (Fsp3) is 0.524. The number of hydrogen-bond acceptors (Lipinski definition) is 7. The number of aromatic nitrogens is 3. The molecule has 1 fully saturated rings. The van der Waals surface area contributed by atoms with Crippen molar-refractivity contribution in [2.45, 2.75) is 68.7 Å². The highest BCUT2D eigenvalue weighted by atomic mass is 32.2. The quantitative estimate of drug-likeness (QED) is 0.507. The summed E-state index contributed by atoms with van der Waals surface area (Å²) < 4.78 is 24.7. The van der Waals surface area contributed by atoms with E-state index in [1.807, 2.05) is 23.3 Å². The number of thioether (sulfide) groups is 1. The molecule has 3 rings (SSSR count). The van der Waals surface area contributed by atoms with Gasteiger partial charge in [0.1, 0.15) is 0 Å². The highest BCUT2D eigenvalue weighted by molar-refractivity contribution is 7.99. The molecule has 3 N–H and O–H groups in total. The number of sulfonamides is 1. The summed E-state index contributed by atoms with van der Waals surface area (Å²) in [6.07, 6.45) is 3.57. The lowest BCUT2D eigenvalue weighted by Crippen LogP contribution is -2.31. The molecule has 0 radical (unpaired) electrons. The molecular formula is C21H30N6O4S2. The Bertz CT molecular complexity index is 1080. The number of amides is 2. The SMILES string of the molecule is CCn1c(CN2CCCCCC2=O)nnc1SCC(=O)N[C@H](C)c1ccc(S(N)(=O)=O)cc1. The predicted octanol–water partition coefficient (Wildman–Crippen LogP) is 1.82. The number of nitrogens with zero attached hydrogens (tertiary/aromatic N) is 4. The third-order valence-corrected chi connectivity index (χ3v) is 7.43. The number of carbonyl (C=O) groups is 2. The maximum absolute atomic E-state index is 12.5. The second kappa shape index (κ2) is 11.1. The summed E-state index contributed by atoms with van der Waals surface area (Å²) in [4.78, 5) is 26.6. The number of carbonyl (C=O) groups excluding carboxylic acids is 2. The smallest absolute Gasteiger partial charge is 0.238 e. The summed E-state index contributed by atoms with van der Waals surface area (Å²) in [6.45, 7) is 5.60. The van der Waals surface area contributed by atoms with Gasteiger partial charge < -0.3 is 14.8 Å². The molecule has 10 nitrogen and oxygen atoms in total. The first-order chi connectivity index (χ1) is 15.7. The van der Waals surface area contributed by atoms with Crippen LogP contribution >= 0.6 is 11.8 Å². The van der Waals surface area contributed by atoms with Crippen molar-refractivity contribution in [1.82, 2.24) is 25.0 Å². The standard InChI is InChI=1S/C21H30N6O4S2/c1-3-27-18(13-26-12-6-4-5-7-20(26)29)24-25-21(27)32-14-19(28)23-15(2)16-8-10-17(11-9-16)33(22,30)31/h8-11,15H,3-7,12-14H2,1-2H3,(H,23,28)(H2,22,30,31)/t15-/m1/s1. The molecule has 12 heteroatoms. The summed E-state index contributed by atoms with van der Waals surface area (Å²) in [5.74, 6) is 0.843. The van der Waals surface area contributed by atoms with E-state index in [9.17, 15) is 18.0 Å². The molecule has 33 heavy (non-hydrogen) atoms. The number of nitrogens with two attached hydrogens (primary N) is 1. The lowest BCUT2D eigenvalue weighted by molar-refractivity contribution is -0.131. The molecule has 1 aliphatic rings. The normalized spacial score (nSPS) is 15.8. The second-order valence-electron chi connectivity index (χ2n) is 7.96. The van der Waals surface area contributed by atoms with E-state index in [1.165, 1.54) is 23.9 Å². The summed E-state index contributed by atoms with van der Waals surface area (Å²) in [6, 6.07) is 5.79. The van der Waals surface area contributed by atoms with Gasteiger partial charge in [0.15, 0.2) is 11.0 Å². The zero-order chi connectivity index (χ0) is 24.0. The van der Waals surface area contributed by atoms with E-state index in [0.29, 0.717) is 24.7 Å². The minimum absolute atomic E-state index is 0.0249. The van der Waals surface area contributed by atoms with Gasteiger partial charge in [0.25, 0.3) is 0 Å². The molecule has 1 atom stereocenters. The van der Waals surface area contributed by atoms with Gasteiger partial charge >= 0.3 is 0 Å². The van der Waals surface area contributed by atoms with Gasteiger partial charge in [-0.3, -0.25) is 9.59 Å². The zero-order valence-corrected chi connectivity index (χ0v) is 20.5. The molecule has 1 aromatic heterocycles. The predicted molar refractivity (Wildman–Crippen MR) is 125 cm³/mol. The second-order valence-corrected chi connectivity index (χ2v) is 10.5. The van der Waals surface area contributed by atoms with E-state index >= 15 is 0 Å². The number of likely N-dealkylation sites (tertiary alicyclic amines) is 1. The summed E-state index contributed by atoms with van der Waals surface area (Å²) >= 11 is 1.29. The first-order valence-corrected chi connectivity index (χ1v) is 13.5. The van der Waals surface area contributed by atoms with E-state index in [2.05, 4.69) is 15.5 Å². The molecule has 180 valence electrons. The number of nitrogens with one attached hydrogen (secondary N) is 1. The van der Waals surface area contributed by atoms with Crippen molar-refractivity contribution in [1.29, 1.82) is 0 Å². The van der Waals surface area contributed by atoms with Crippen molar-refractivity contribution < 1.29 is 18.0 Å². The van der Waals surface area contributed by atoms with Gasteiger partial charge in [-0.25, -0.2) is 13.6 Å². The average molecular weight is 495 g/mol. The van der Waals surface area contributed by atoms with E-state index in [-0.39, 0.29) is 28.5 Å². The van der Waals surface area contributed by atoms with Crippen molar-refractivity contribution in [3.63, 3.8) is 0 Å². The molecule has 1 saturated heterocycles. The number of primary sulfonamides is 1. The maximum Gasteiger partial charge on any atom is 0.238 e. The van der Waals surface area contributed by atoms with Crippen LogP contribution in [0, 0.1) is 0 Å². The van der Waals surface area contributed by atoms with Crippen molar-refractivity contribution in [3.05, 3.63) is 35.7 Å². The first kappa shape index (κ1) is 25.2. The van der Waals surface area contributed by atoms with Crippen LogP contribution in [0.25, 0.3) is 0 Å². The lowest BCUT2D eigenvalue weighted by Gasteiger charge is -2.20. The zero-order valence-electron chi connectivity index (χ0n) is 18.9. The largest absolute Gasteiger partial charge is 0.349 e. The van der Waals surface area contributed by atoms with Crippen LogP contribution in [-0.4, -0.2) is 52.2 Å². The molecule has 0 aliphatic carbocycles. The van der Waals surface area contributed by atoms with Crippen molar-refractivity contribution in [2.75, 3.05) is 12.3 Å². The summed E-state index contributed by atoms with van der Waals surface area (Å²) in [7, 11) is -3.75. The summed E-state index contributed by atoms with van der Waals surface area (Å²) in [5.41, 5.74) is 0.766. The van der Waals surface area contributed by atoms with Crippen LogP contribution in [0.2, 0.25) is 0 Å². The van der Waals surface area contributed by atoms with Crippen LogP contribution in [0.15, 0.2) is 34.3 Å². The molecule has 0 saturated carbocycles. The van der Waals surface area contributed by atoms with E-state index in [0.717, 1.165) is 37.2 Å². The average Bonchev–Trinajstić information content (AvgIpc) is 3.05. The third kappa shape index (κ3) is 6.78. The van der Waals surface area contributed by atoms with Gasteiger partial charge in [-0.15, -0.1) is 10.2 Å².